The van der Waals surface area contributed by atoms with E-state index < -0.39 is 0 Å². The third-order valence-electron chi connectivity index (χ3n) is 2.82. The lowest BCUT2D eigenvalue weighted by Gasteiger charge is -2.01. The largest absolute Gasteiger partial charge is 0.391 e. The van der Waals surface area contributed by atoms with E-state index in [1.165, 1.54) is 16.0 Å². The van der Waals surface area contributed by atoms with Crippen LogP contribution in [0.2, 0.25) is 0 Å². The van der Waals surface area contributed by atoms with E-state index >= 15 is 0 Å². The first-order valence-electron chi connectivity index (χ1n) is 5.45. The average molecular weight is 243 g/mol. The Morgan fingerprint density at radius 1 is 1.24 bits per heavy atom. The second-order valence-corrected chi connectivity index (χ2v) is 5.47. The van der Waals surface area contributed by atoms with Crippen LogP contribution in [-0.2, 0) is 0 Å². The summed E-state index contributed by atoms with van der Waals surface area (Å²) in [5.74, 6) is 0. The van der Waals surface area contributed by atoms with Gasteiger partial charge in [0.1, 0.15) is 5.65 Å². The van der Waals surface area contributed by atoms with Crippen molar-refractivity contribution in [2.75, 3.05) is 5.73 Å². The molecule has 17 heavy (non-hydrogen) atoms. The van der Waals surface area contributed by atoms with E-state index in [-0.39, 0.29) is 0 Å². The molecule has 0 aliphatic rings. The van der Waals surface area contributed by atoms with Gasteiger partial charge in [-0.15, -0.1) is 11.3 Å². The van der Waals surface area contributed by atoms with Crippen LogP contribution in [0.3, 0.4) is 0 Å². The van der Waals surface area contributed by atoms with Crippen LogP contribution in [0.5, 0.6) is 0 Å². The Kier molecular flexibility index (Phi) is 2.19. The van der Waals surface area contributed by atoms with Gasteiger partial charge in [-0.05, 0) is 43.2 Å². The fourth-order valence-corrected chi connectivity index (χ4v) is 2.89. The van der Waals surface area contributed by atoms with Crippen LogP contribution < -0.4 is 5.73 Å². The molecule has 0 saturated heterocycles. The molecule has 2 N–H and O–H groups in total. The summed E-state index contributed by atoms with van der Waals surface area (Å²) < 4.78 is 2.05. The number of nitrogens with two attached hydrogens (primary N) is 1. The lowest BCUT2D eigenvalue weighted by atomic mass is 10.1. The van der Waals surface area contributed by atoms with Crippen LogP contribution in [0, 0.1) is 13.8 Å². The summed E-state index contributed by atoms with van der Waals surface area (Å²) in [6.07, 6.45) is 4.13. The number of aryl methyl sites for hydroxylation is 2. The predicted octanol–water partition coefficient (Wildman–Crippen LogP) is 3.26. The molecule has 3 aromatic rings. The summed E-state index contributed by atoms with van der Waals surface area (Å²) in [6.45, 7) is 4.10. The maximum absolute atomic E-state index is 5.83. The van der Waals surface area contributed by atoms with Gasteiger partial charge in [-0.2, -0.15) is 0 Å². The second-order valence-electron chi connectivity index (χ2n) is 4.18. The first kappa shape index (κ1) is 10.4. The molecule has 0 saturated carbocycles. The molecule has 0 aromatic carbocycles. The van der Waals surface area contributed by atoms with Crippen LogP contribution in [0.15, 0.2) is 30.6 Å². The Labute approximate surface area is 104 Å². The van der Waals surface area contributed by atoms with E-state index in [9.17, 15) is 0 Å². The minimum absolute atomic E-state index is 0.861. The van der Waals surface area contributed by atoms with Gasteiger partial charge in [0.2, 0.25) is 0 Å². The highest BCUT2D eigenvalue weighted by Crippen LogP contribution is 2.32. The number of imidazole rings is 1. The lowest BCUT2D eigenvalue weighted by molar-refractivity contribution is 1.19. The second kappa shape index (κ2) is 3.60. The van der Waals surface area contributed by atoms with Gasteiger partial charge < -0.3 is 10.1 Å². The van der Waals surface area contributed by atoms with E-state index in [4.69, 9.17) is 5.73 Å². The number of hydrogen-bond donors (Lipinski definition) is 1. The van der Waals surface area contributed by atoms with E-state index in [0.29, 0.717) is 0 Å². The van der Waals surface area contributed by atoms with Gasteiger partial charge in [0.25, 0.3) is 0 Å². The number of nitrogen functional groups attached to an aromatic ring is 1. The van der Waals surface area contributed by atoms with Crippen molar-refractivity contribution in [3.8, 4) is 11.1 Å². The van der Waals surface area contributed by atoms with Crippen molar-refractivity contribution in [3.05, 3.63) is 41.2 Å². The molecule has 3 rings (SSSR count). The standard InChI is InChI=1S/C13H13N3S/c1-8-6-16-7-10(3-4-13(16)15-8)11-5-12(14)17-9(11)2/h3-7H,14H2,1-2H3. The molecule has 0 fully saturated rings. The van der Waals surface area contributed by atoms with Gasteiger partial charge >= 0.3 is 0 Å². The topological polar surface area (TPSA) is 43.3 Å². The van der Waals surface area contributed by atoms with Crippen molar-refractivity contribution in [2.24, 2.45) is 0 Å². The van der Waals surface area contributed by atoms with Crippen LogP contribution >= 0.6 is 11.3 Å². The third kappa shape index (κ3) is 1.70. The molecule has 3 nitrogen and oxygen atoms in total. The molecule has 86 valence electrons. The Bertz CT molecular complexity index is 694. The minimum Gasteiger partial charge on any atom is -0.391 e. The zero-order valence-electron chi connectivity index (χ0n) is 9.77. The number of pyridine rings is 1. The molecule has 0 radical (unpaired) electrons. The average Bonchev–Trinajstić information content (AvgIpc) is 2.78. The molecule has 0 amide bonds. The summed E-state index contributed by atoms with van der Waals surface area (Å²) in [6, 6.07) is 6.16. The van der Waals surface area contributed by atoms with Crippen molar-refractivity contribution in [1.82, 2.24) is 9.38 Å². The highest BCUT2D eigenvalue weighted by molar-refractivity contribution is 7.16. The van der Waals surface area contributed by atoms with Crippen molar-refractivity contribution >= 4 is 22.0 Å². The Hall–Kier alpha value is -1.81. The molecular weight excluding hydrogens is 230 g/mol. The molecule has 0 aliphatic heterocycles. The van der Waals surface area contributed by atoms with E-state index in [2.05, 4.69) is 28.6 Å². The molecule has 3 aromatic heterocycles. The van der Waals surface area contributed by atoms with Gasteiger partial charge in [0.15, 0.2) is 0 Å². The fraction of sp³-hybridized carbons (Fsp3) is 0.154. The summed E-state index contributed by atoms with van der Waals surface area (Å²) in [4.78, 5) is 5.67. The first-order chi connectivity index (χ1) is 8.13. The molecule has 3 heterocycles. The van der Waals surface area contributed by atoms with Gasteiger partial charge in [0, 0.05) is 17.3 Å². The molecule has 0 atom stereocenters. The van der Waals surface area contributed by atoms with Gasteiger partial charge in [0.05, 0.1) is 10.7 Å². The smallest absolute Gasteiger partial charge is 0.136 e. The number of aromatic nitrogens is 2. The number of rotatable bonds is 1. The van der Waals surface area contributed by atoms with E-state index in [1.807, 2.05) is 25.3 Å². The van der Waals surface area contributed by atoms with Crippen molar-refractivity contribution in [1.29, 1.82) is 0 Å². The number of hydrogen-bond acceptors (Lipinski definition) is 3. The number of anilines is 1. The molecule has 0 bridgehead atoms. The quantitative estimate of drug-likeness (QED) is 0.713. The van der Waals surface area contributed by atoms with Crippen LogP contribution in [0.4, 0.5) is 5.00 Å². The molecule has 4 heteroatoms. The first-order valence-corrected chi connectivity index (χ1v) is 6.27. The van der Waals surface area contributed by atoms with Crippen molar-refractivity contribution in [2.45, 2.75) is 13.8 Å². The molecule has 0 aliphatic carbocycles. The molecule has 0 spiro atoms. The maximum atomic E-state index is 5.83. The summed E-state index contributed by atoms with van der Waals surface area (Å²) in [7, 11) is 0. The Morgan fingerprint density at radius 2 is 2.06 bits per heavy atom. The van der Waals surface area contributed by atoms with E-state index in [1.54, 1.807) is 11.3 Å². The summed E-state index contributed by atoms with van der Waals surface area (Å²) in [5, 5.41) is 0.861. The SMILES string of the molecule is Cc1cn2cc(-c3cc(N)sc3C)ccc2n1. The fourth-order valence-electron chi connectivity index (χ4n) is 2.07. The van der Waals surface area contributed by atoms with Gasteiger partial charge in [-0.3, -0.25) is 0 Å². The lowest BCUT2D eigenvalue weighted by Crippen LogP contribution is -1.85. The number of thiophene rings is 1. The minimum atomic E-state index is 0.861. The van der Waals surface area contributed by atoms with E-state index in [0.717, 1.165) is 16.3 Å². The van der Waals surface area contributed by atoms with Crippen LogP contribution in [0.1, 0.15) is 10.6 Å². The predicted molar refractivity (Wildman–Crippen MR) is 72.4 cm³/mol. The third-order valence-corrected chi connectivity index (χ3v) is 3.70. The Morgan fingerprint density at radius 3 is 2.76 bits per heavy atom. The monoisotopic (exact) mass is 243 g/mol. The maximum Gasteiger partial charge on any atom is 0.136 e. The zero-order valence-corrected chi connectivity index (χ0v) is 10.6. The molecular formula is C13H13N3S. The Balaban J connectivity index is 2.20. The highest BCUT2D eigenvalue weighted by atomic mass is 32.1. The molecule has 0 unspecified atom stereocenters. The summed E-state index contributed by atoms with van der Waals surface area (Å²) >= 11 is 1.63. The van der Waals surface area contributed by atoms with Crippen molar-refractivity contribution < 1.29 is 0 Å². The van der Waals surface area contributed by atoms with Gasteiger partial charge in [-0.1, -0.05) is 0 Å². The highest BCUT2D eigenvalue weighted by Gasteiger charge is 2.07. The normalized spacial score (nSPS) is 11.2. The van der Waals surface area contributed by atoms with Crippen molar-refractivity contribution in [3.63, 3.8) is 0 Å². The number of nitrogens with zero attached hydrogens (tertiary/aromatic N) is 2. The van der Waals surface area contributed by atoms with Crippen LogP contribution in [0.25, 0.3) is 16.8 Å². The van der Waals surface area contributed by atoms with Crippen LogP contribution in [-0.4, -0.2) is 9.38 Å². The zero-order chi connectivity index (χ0) is 12.0. The number of fused-ring (bicyclic) bond motifs is 1. The summed E-state index contributed by atoms with van der Waals surface area (Å²) in [5.41, 5.74) is 10.2. The van der Waals surface area contributed by atoms with Gasteiger partial charge in [-0.25, -0.2) is 4.98 Å².